The van der Waals surface area contributed by atoms with Crippen molar-refractivity contribution in [2.45, 2.75) is 27.7 Å². The molecule has 2 aromatic rings. The maximum absolute atomic E-state index is 12.5. The molecule has 0 heterocycles. The fourth-order valence-corrected chi connectivity index (χ4v) is 3.48. The molecule has 0 aromatic heterocycles. The molecule has 1 nitrogen and oxygen atoms in total. The van der Waals surface area contributed by atoms with E-state index in [9.17, 15) is 4.79 Å². The first-order valence-electron chi connectivity index (χ1n) is 6.43. The van der Waals surface area contributed by atoms with E-state index >= 15 is 0 Å². The van der Waals surface area contributed by atoms with Crippen molar-refractivity contribution in [1.82, 2.24) is 0 Å². The van der Waals surface area contributed by atoms with Gasteiger partial charge in [0.1, 0.15) is 0 Å². The van der Waals surface area contributed by atoms with Crippen LogP contribution in [-0.2, 0) is 0 Å². The van der Waals surface area contributed by atoms with Gasteiger partial charge in [0, 0.05) is 5.56 Å². The van der Waals surface area contributed by atoms with Crippen molar-refractivity contribution in [2.75, 3.05) is 0 Å². The van der Waals surface area contributed by atoms with E-state index in [1.54, 1.807) is 0 Å². The maximum atomic E-state index is 12.5. The molecular weight excluding hydrogens is 258 g/mol. The number of hydrogen-bond acceptors (Lipinski definition) is 1. The van der Waals surface area contributed by atoms with Crippen molar-refractivity contribution in [3.05, 3.63) is 64.2 Å². The van der Waals surface area contributed by atoms with Crippen LogP contribution in [-0.4, -0.2) is 24.4 Å². The van der Waals surface area contributed by atoms with Gasteiger partial charge in [0.25, 0.3) is 0 Å². The second kappa shape index (κ2) is 7.23. The van der Waals surface area contributed by atoms with E-state index in [0.29, 0.717) is 0 Å². The zero-order chi connectivity index (χ0) is 14.0. The number of aryl methyl sites for hydroxylation is 4. The molecule has 0 spiro atoms. The molecule has 3 heteroatoms. The fourth-order valence-electron chi connectivity index (χ4n) is 2.37. The van der Waals surface area contributed by atoms with Crippen molar-refractivity contribution < 1.29 is 4.79 Å². The van der Waals surface area contributed by atoms with Gasteiger partial charge in [0.15, 0.2) is 5.52 Å². The third kappa shape index (κ3) is 4.06. The van der Waals surface area contributed by atoms with Crippen LogP contribution >= 0.6 is 8.58 Å². The van der Waals surface area contributed by atoms with Crippen LogP contribution < -0.4 is 5.30 Å². The molecule has 0 aliphatic heterocycles. The van der Waals surface area contributed by atoms with Gasteiger partial charge in [-0.3, -0.25) is 4.79 Å². The first-order chi connectivity index (χ1) is 8.97. The summed E-state index contributed by atoms with van der Waals surface area (Å²) in [5, 5.41) is 1.11. The predicted octanol–water partition coefficient (Wildman–Crippen LogP) is 3.42. The molecular formula is C17H20LiOP. The molecule has 0 aliphatic carbocycles. The summed E-state index contributed by atoms with van der Waals surface area (Å²) < 4.78 is 0. The number of benzene rings is 2. The molecule has 0 bridgehead atoms. The van der Waals surface area contributed by atoms with Crippen LogP contribution in [0, 0.1) is 27.7 Å². The first kappa shape index (κ1) is 17.2. The third-order valence-corrected chi connectivity index (χ3v) is 4.31. The molecule has 0 radical (unpaired) electrons. The Labute approximate surface area is 135 Å². The van der Waals surface area contributed by atoms with Gasteiger partial charge < -0.3 is 0 Å². The second-order valence-corrected chi connectivity index (χ2v) is 6.38. The Morgan fingerprint density at radius 2 is 1.35 bits per heavy atom. The zero-order valence-electron chi connectivity index (χ0n) is 11.9. The molecule has 0 aliphatic rings. The summed E-state index contributed by atoms with van der Waals surface area (Å²) >= 11 is 0. The first-order valence-corrected chi connectivity index (χ1v) is 7.43. The molecule has 1 unspecified atom stereocenters. The van der Waals surface area contributed by atoms with Crippen molar-refractivity contribution in [3.8, 4) is 0 Å². The van der Waals surface area contributed by atoms with Crippen LogP contribution in [0.25, 0.3) is 0 Å². The molecule has 2 aromatic carbocycles. The number of carbonyl (C=O) groups is 1. The van der Waals surface area contributed by atoms with Gasteiger partial charge in [0.05, 0.1) is 0 Å². The fraction of sp³-hybridized carbons (Fsp3) is 0.235. The van der Waals surface area contributed by atoms with Crippen LogP contribution in [0.5, 0.6) is 0 Å². The normalized spacial score (nSPS) is 10.6. The van der Waals surface area contributed by atoms with Gasteiger partial charge >= 0.3 is 18.9 Å². The monoisotopic (exact) mass is 278 g/mol. The van der Waals surface area contributed by atoms with Gasteiger partial charge in [-0.05, 0) is 52.7 Å². The number of hydrogen-bond donors (Lipinski definition) is 0. The molecule has 1 atom stereocenters. The van der Waals surface area contributed by atoms with Crippen LogP contribution in [0.1, 0.15) is 32.6 Å². The summed E-state index contributed by atoms with van der Waals surface area (Å²) in [6, 6.07) is 12.4. The summed E-state index contributed by atoms with van der Waals surface area (Å²) in [6.45, 7) is 8.17. The standard InChI is InChI=1S/C17H19OP.Li.H/c1-11-5-7-15(8-6-11)19-17(18)16-13(3)9-12(2)10-14(16)4;;/h5-10,19H,1-4H3;;. The molecule has 0 N–H and O–H groups in total. The number of carbonyl (C=O) groups excluding carboxylic acids is 1. The van der Waals surface area contributed by atoms with Crippen molar-refractivity contribution >= 4 is 38.3 Å². The Morgan fingerprint density at radius 3 is 1.85 bits per heavy atom. The summed E-state index contributed by atoms with van der Waals surface area (Å²) in [6.07, 6.45) is 0. The Balaban J connectivity index is 0.00000200. The topological polar surface area (TPSA) is 17.1 Å². The zero-order valence-corrected chi connectivity index (χ0v) is 12.9. The van der Waals surface area contributed by atoms with Crippen LogP contribution in [0.3, 0.4) is 0 Å². The summed E-state index contributed by atoms with van der Waals surface area (Å²) in [5.74, 6) is 0. The van der Waals surface area contributed by atoms with Crippen LogP contribution in [0.15, 0.2) is 36.4 Å². The van der Waals surface area contributed by atoms with E-state index in [0.717, 1.165) is 22.0 Å². The van der Waals surface area contributed by atoms with E-state index in [4.69, 9.17) is 0 Å². The van der Waals surface area contributed by atoms with Crippen molar-refractivity contribution in [2.24, 2.45) is 0 Å². The molecule has 0 fully saturated rings. The minimum absolute atomic E-state index is 0. The average molecular weight is 278 g/mol. The van der Waals surface area contributed by atoms with E-state index in [2.05, 4.69) is 38.1 Å². The Kier molecular flexibility index (Phi) is 6.22. The quantitative estimate of drug-likeness (QED) is 0.621. The van der Waals surface area contributed by atoms with E-state index in [1.165, 1.54) is 11.1 Å². The molecule has 0 amide bonds. The van der Waals surface area contributed by atoms with Crippen LogP contribution in [0.4, 0.5) is 0 Å². The van der Waals surface area contributed by atoms with Crippen molar-refractivity contribution in [1.29, 1.82) is 0 Å². The van der Waals surface area contributed by atoms with Gasteiger partial charge in [-0.15, -0.1) is 0 Å². The molecule has 20 heavy (non-hydrogen) atoms. The predicted molar refractivity (Wildman–Crippen MR) is 91.3 cm³/mol. The summed E-state index contributed by atoms with van der Waals surface area (Å²) in [5.41, 5.74) is 5.74. The van der Waals surface area contributed by atoms with E-state index < -0.39 is 0 Å². The summed E-state index contributed by atoms with van der Waals surface area (Å²) in [7, 11) is 0.203. The molecule has 0 saturated carbocycles. The van der Waals surface area contributed by atoms with E-state index in [-0.39, 0.29) is 33.0 Å². The average Bonchev–Trinajstić information content (AvgIpc) is 2.30. The van der Waals surface area contributed by atoms with Gasteiger partial charge in [-0.25, -0.2) is 0 Å². The Morgan fingerprint density at radius 1 is 0.850 bits per heavy atom. The number of rotatable bonds is 3. The third-order valence-electron chi connectivity index (χ3n) is 3.21. The molecule has 0 saturated heterocycles. The van der Waals surface area contributed by atoms with Gasteiger partial charge in [0.2, 0.25) is 0 Å². The Hall–Kier alpha value is -0.863. The van der Waals surface area contributed by atoms with Gasteiger partial charge in [-0.2, -0.15) is 0 Å². The molecule has 100 valence electrons. The summed E-state index contributed by atoms with van der Waals surface area (Å²) in [4.78, 5) is 12.5. The van der Waals surface area contributed by atoms with Crippen LogP contribution in [0.2, 0.25) is 0 Å². The SMILES string of the molecule is Cc1ccc(PC(=O)c2c(C)cc(C)cc2C)cc1.[LiH]. The molecule has 2 rings (SSSR count). The van der Waals surface area contributed by atoms with Gasteiger partial charge in [-0.1, -0.05) is 47.5 Å². The van der Waals surface area contributed by atoms with E-state index in [1.807, 2.05) is 26.0 Å². The Bertz CT molecular complexity index is 594. The van der Waals surface area contributed by atoms with Crippen molar-refractivity contribution in [3.63, 3.8) is 0 Å². The minimum atomic E-state index is 0. The second-order valence-electron chi connectivity index (χ2n) is 5.09.